The highest BCUT2D eigenvalue weighted by molar-refractivity contribution is 6.43. The van der Waals surface area contributed by atoms with Crippen LogP contribution in [-0.2, 0) is 0 Å². The first kappa shape index (κ1) is 20.0. The van der Waals surface area contributed by atoms with Crippen LogP contribution in [0.5, 0.6) is 11.5 Å². The number of halogens is 2. The first-order valence-corrected chi connectivity index (χ1v) is 11.0. The van der Waals surface area contributed by atoms with E-state index in [-0.39, 0.29) is 5.56 Å². The lowest BCUT2D eigenvalue weighted by molar-refractivity contribution is 0.297. The number of ether oxygens (including phenoxy) is 2. The van der Waals surface area contributed by atoms with Crippen LogP contribution in [0.25, 0.3) is 33.8 Å². The zero-order valence-corrected chi connectivity index (χ0v) is 18.5. The van der Waals surface area contributed by atoms with Crippen molar-refractivity contribution in [1.29, 1.82) is 0 Å². The van der Waals surface area contributed by atoms with Gasteiger partial charge in [0.15, 0.2) is 17.3 Å². The molecule has 164 valence electrons. The summed E-state index contributed by atoms with van der Waals surface area (Å²) < 4.78 is 14.5. The van der Waals surface area contributed by atoms with Crippen molar-refractivity contribution >= 4 is 39.9 Å². The molecule has 0 amide bonds. The predicted octanol–water partition coefficient (Wildman–Crippen LogP) is 4.56. The highest BCUT2D eigenvalue weighted by Crippen LogP contribution is 2.33. The van der Waals surface area contributed by atoms with Gasteiger partial charge in [0.25, 0.3) is 11.3 Å². The molecule has 0 unspecified atom stereocenters. The standard InChI is InChI=1S/C23H15Cl2N5O3/c24-15-3-1-4-17(20(15)25)29-8-7-16-14(22(29)31)12-26-23-27-21(28-30(16)23)13-5-6-18-19(11-13)33-10-2-9-32-18/h1,3-8,11-12H,2,9-10H2. The van der Waals surface area contributed by atoms with E-state index in [1.54, 1.807) is 35.0 Å². The van der Waals surface area contributed by atoms with Crippen LogP contribution in [0.4, 0.5) is 0 Å². The van der Waals surface area contributed by atoms with Crippen LogP contribution in [-0.4, -0.2) is 37.4 Å². The summed E-state index contributed by atoms with van der Waals surface area (Å²) in [7, 11) is 0. The van der Waals surface area contributed by atoms with Gasteiger partial charge in [-0.25, -0.2) is 4.98 Å². The lowest BCUT2D eigenvalue weighted by Gasteiger charge is -2.10. The Morgan fingerprint density at radius 3 is 2.73 bits per heavy atom. The average Bonchev–Trinajstić information content (AvgIpc) is 3.13. The molecule has 0 bridgehead atoms. The molecule has 0 fully saturated rings. The second-order valence-electron chi connectivity index (χ2n) is 7.48. The van der Waals surface area contributed by atoms with Gasteiger partial charge in [0, 0.05) is 24.4 Å². The molecule has 6 rings (SSSR count). The fourth-order valence-electron chi connectivity index (χ4n) is 3.81. The number of rotatable bonds is 2. The number of hydrogen-bond acceptors (Lipinski definition) is 6. The molecule has 8 nitrogen and oxygen atoms in total. The third-order valence-corrected chi connectivity index (χ3v) is 6.24. The number of benzene rings is 2. The van der Waals surface area contributed by atoms with E-state index in [2.05, 4.69) is 15.1 Å². The number of pyridine rings is 1. The fraction of sp³-hybridized carbons (Fsp3) is 0.130. The highest BCUT2D eigenvalue weighted by atomic mass is 35.5. The summed E-state index contributed by atoms with van der Waals surface area (Å²) in [6.45, 7) is 1.21. The predicted molar refractivity (Wildman–Crippen MR) is 125 cm³/mol. The van der Waals surface area contributed by atoms with E-state index in [0.29, 0.717) is 63.0 Å². The van der Waals surface area contributed by atoms with E-state index in [1.807, 2.05) is 18.2 Å². The van der Waals surface area contributed by atoms with Crippen molar-refractivity contribution < 1.29 is 9.47 Å². The topological polar surface area (TPSA) is 83.5 Å². The van der Waals surface area contributed by atoms with E-state index in [0.717, 1.165) is 12.0 Å². The first-order valence-electron chi connectivity index (χ1n) is 10.2. The molecular weight excluding hydrogens is 465 g/mol. The Morgan fingerprint density at radius 1 is 1.00 bits per heavy atom. The van der Waals surface area contributed by atoms with Gasteiger partial charge in [0.2, 0.25) is 0 Å². The molecule has 3 aromatic heterocycles. The third kappa shape index (κ3) is 3.30. The molecule has 0 saturated carbocycles. The molecule has 0 N–H and O–H groups in total. The van der Waals surface area contributed by atoms with Gasteiger partial charge in [0.1, 0.15) is 0 Å². The van der Waals surface area contributed by atoms with Gasteiger partial charge in [-0.15, -0.1) is 5.10 Å². The van der Waals surface area contributed by atoms with Gasteiger partial charge in [-0.05, 0) is 36.4 Å². The molecule has 1 aliphatic rings. The maximum absolute atomic E-state index is 13.2. The fourth-order valence-corrected chi connectivity index (χ4v) is 4.20. The Balaban J connectivity index is 1.49. The molecule has 5 aromatic rings. The van der Waals surface area contributed by atoms with Crippen molar-refractivity contribution in [2.75, 3.05) is 13.2 Å². The van der Waals surface area contributed by atoms with Crippen molar-refractivity contribution in [1.82, 2.24) is 24.1 Å². The van der Waals surface area contributed by atoms with Gasteiger partial charge in [-0.3, -0.25) is 9.36 Å². The van der Waals surface area contributed by atoms with E-state index in [1.165, 1.54) is 10.8 Å². The van der Waals surface area contributed by atoms with Crippen LogP contribution in [0.1, 0.15) is 6.42 Å². The smallest absolute Gasteiger partial charge is 0.266 e. The van der Waals surface area contributed by atoms with Gasteiger partial charge >= 0.3 is 0 Å². The largest absolute Gasteiger partial charge is 0.490 e. The molecule has 0 atom stereocenters. The minimum Gasteiger partial charge on any atom is -0.490 e. The molecular formula is C23H15Cl2N5O3. The number of nitrogens with zero attached hydrogens (tertiary/aromatic N) is 5. The molecule has 2 aromatic carbocycles. The number of fused-ring (bicyclic) bond motifs is 4. The summed E-state index contributed by atoms with van der Waals surface area (Å²) >= 11 is 12.5. The van der Waals surface area contributed by atoms with E-state index in [4.69, 9.17) is 32.7 Å². The summed E-state index contributed by atoms with van der Waals surface area (Å²) in [6, 6.07) is 12.5. The highest BCUT2D eigenvalue weighted by Gasteiger charge is 2.17. The molecule has 33 heavy (non-hydrogen) atoms. The maximum Gasteiger partial charge on any atom is 0.266 e. The van der Waals surface area contributed by atoms with Gasteiger partial charge in [-0.2, -0.15) is 9.50 Å². The van der Waals surface area contributed by atoms with Crippen LogP contribution in [0.15, 0.2) is 59.7 Å². The van der Waals surface area contributed by atoms with Crippen LogP contribution >= 0.6 is 23.2 Å². The molecule has 1 aliphatic heterocycles. The average molecular weight is 480 g/mol. The lowest BCUT2D eigenvalue weighted by Crippen LogP contribution is -2.19. The van der Waals surface area contributed by atoms with Crippen LogP contribution in [0, 0.1) is 0 Å². The molecule has 0 radical (unpaired) electrons. The summed E-state index contributed by atoms with van der Waals surface area (Å²) in [4.78, 5) is 22.1. The van der Waals surface area contributed by atoms with Crippen molar-refractivity contribution in [3.8, 4) is 28.6 Å². The quantitative estimate of drug-likeness (QED) is 0.368. The summed E-state index contributed by atoms with van der Waals surface area (Å²) in [5.41, 5.74) is 1.53. The minimum atomic E-state index is -0.293. The van der Waals surface area contributed by atoms with Crippen LogP contribution < -0.4 is 15.0 Å². The molecule has 4 heterocycles. The van der Waals surface area contributed by atoms with Crippen molar-refractivity contribution in [3.05, 3.63) is 75.3 Å². The Labute approximate surface area is 196 Å². The summed E-state index contributed by atoms with van der Waals surface area (Å²) in [5.74, 6) is 2.20. The molecule has 0 aliphatic carbocycles. The van der Waals surface area contributed by atoms with E-state index in [9.17, 15) is 4.79 Å². The van der Waals surface area contributed by atoms with Crippen LogP contribution in [0.2, 0.25) is 10.0 Å². The van der Waals surface area contributed by atoms with E-state index >= 15 is 0 Å². The van der Waals surface area contributed by atoms with E-state index < -0.39 is 0 Å². The normalized spacial score (nSPS) is 13.4. The summed E-state index contributed by atoms with van der Waals surface area (Å²) in [5, 5.41) is 5.65. The zero-order valence-electron chi connectivity index (χ0n) is 17.0. The Hall–Kier alpha value is -3.62. The third-order valence-electron chi connectivity index (χ3n) is 5.43. The summed E-state index contributed by atoms with van der Waals surface area (Å²) in [6.07, 6.45) is 3.95. The van der Waals surface area contributed by atoms with Gasteiger partial charge < -0.3 is 9.47 Å². The SMILES string of the molecule is O=c1c2cnc3nc(-c4ccc5c(c4)OCCCO5)nn3c2ccn1-c1cccc(Cl)c1Cl. The second-order valence-corrected chi connectivity index (χ2v) is 8.27. The molecule has 0 spiro atoms. The van der Waals surface area contributed by atoms with Gasteiger partial charge in [0.05, 0.1) is 39.8 Å². The van der Waals surface area contributed by atoms with Crippen molar-refractivity contribution in [2.24, 2.45) is 0 Å². The molecule has 10 heteroatoms. The molecule has 0 saturated heterocycles. The number of hydrogen-bond donors (Lipinski definition) is 0. The van der Waals surface area contributed by atoms with Crippen molar-refractivity contribution in [3.63, 3.8) is 0 Å². The second kappa shape index (κ2) is 7.75. The maximum atomic E-state index is 13.2. The Kier molecular flexibility index (Phi) is 4.70. The Bertz CT molecular complexity index is 1610. The van der Waals surface area contributed by atoms with Gasteiger partial charge in [-0.1, -0.05) is 29.3 Å². The number of aromatic nitrogens is 5. The lowest BCUT2D eigenvalue weighted by atomic mass is 10.2. The first-order chi connectivity index (χ1) is 16.1. The Morgan fingerprint density at radius 2 is 1.85 bits per heavy atom. The minimum absolute atomic E-state index is 0.293. The zero-order chi connectivity index (χ0) is 22.5. The van der Waals surface area contributed by atoms with Crippen LogP contribution in [0.3, 0.4) is 0 Å². The monoisotopic (exact) mass is 479 g/mol. The van der Waals surface area contributed by atoms with Crippen molar-refractivity contribution in [2.45, 2.75) is 6.42 Å².